The van der Waals surface area contributed by atoms with Crippen molar-refractivity contribution in [3.63, 3.8) is 0 Å². The molecule has 75 heavy (non-hydrogen) atoms. The van der Waals surface area contributed by atoms with E-state index in [1.54, 1.807) is 51.1 Å². The summed E-state index contributed by atoms with van der Waals surface area (Å²) >= 11 is 0. The molecule has 3 N–H and O–H groups in total. The number of rotatable bonds is 24. The van der Waals surface area contributed by atoms with Crippen molar-refractivity contribution in [3.05, 3.63) is 82.9 Å². The number of fused-ring (bicyclic) bond motifs is 1. The van der Waals surface area contributed by atoms with Gasteiger partial charge in [-0.2, -0.15) is 0 Å². The van der Waals surface area contributed by atoms with Gasteiger partial charge in [0.05, 0.1) is 25.3 Å². The molecule has 3 aliphatic rings. The molecule has 2 unspecified atom stereocenters. The molecule has 6 rings (SSSR count). The predicted molar refractivity (Wildman–Crippen MR) is 273 cm³/mol. The van der Waals surface area contributed by atoms with Crippen LogP contribution < -0.4 is 30.2 Å². The molecule has 402 valence electrons. The number of imide groups is 2. The Morgan fingerprint density at radius 1 is 0.827 bits per heavy atom. The number of likely N-dealkylation sites (tertiary alicyclic amines) is 1. The number of esters is 1. The number of carbonyl (C=O) groups excluding carboxylic acids is 10. The second kappa shape index (κ2) is 25.5. The Hall–Kier alpha value is -7.64. The topological polar surface area (TPSA) is 253 Å². The fraction of sp³-hybridized carbons (Fsp3) is 0.491. The molecule has 20 nitrogen and oxygen atoms in total. The second-order valence-electron chi connectivity index (χ2n) is 19.4. The van der Waals surface area contributed by atoms with Gasteiger partial charge in [0.25, 0.3) is 23.6 Å². The zero-order chi connectivity index (χ0) is 54.6. The van der Waals surface area contributed by atoms with Crippen LogP contribution in [0.15, 0.2) is 60.7 Å². The summed E-state index contributed by atoms with van der Waals surface area (Å²) in [4.78, 5) is 138. The van der Waals surface area contributed by atoms with Gasteiger partial charge in [0.15, 0.2) is 18.1 Å². The third-order valence-corrected chi connectivity index (χ3v) is 13.9. The number of Topliss-reactive ketones (excluding diaryl/α,β-unsaturated/α-hetero) is 1. The Bertz CT molecular complexity index is 2690. The Morgan fingerprint density at radius 2 is 1.56 bits per heavy atom. The number of piperidine rings is 2. The monoisotopic (exact) mass is 1040 g/mol. The van der Waals surface area contributed by atoms with Gasteiger partial charge in [0, 0.05) is 56.0 Å². The first-order valence-electron chi connectivity index (χ1n) is 25.6. The minimum absolute atomic E-state index is 0.0000892. The fourth-order valence-corrected chi connectivity index (χ4v) is 9.30. The van der Waals surface area contributed by atoms with Crippen molar-refractivity contribution in [1.82, 2.24) is 25.3 Å². The molecule has 0 radical (unpaired) electrons. The summed E-state index contributed by atoms with van der Waals surface area (Å²) in [6, 6.07) is 13.4. The third-order valence-electron chi connectivity index (χ3n) is 13.9. The SMILES string of the molecule is CCCNC(=O)CCC(=O)Nc1cccc([C@@H](CCc2ccc(OC)c(OC)c2)OC(=O)[C@@H]2CCC(N(CCC)C(=O)COc3cccc4c3C(=O)N(C3CCC(=O)NC3=O)C4=O)CN2C(=O)C(=O)C(C)(C)CC)c1. The number of methoxy groups -OCH3 is 2. The van der Waals surface area contributed by atoms with E-state index in [1.807, 2.05) is 26.0 Å². The van der Waals surface area contributed by atoms with Gasteiger partial charge in [-0.3, -0.25) is 53.4 Å². The summed E-state index contributed by atoms with van der Waals surface area (Å²) < 4.78 is 23.3. The van der Waals surface area contributed by atoms with Gasteiger partial charge < -0.3 is 39.4 Å². The van der Waals surface area contributed by atoms with Crippen molar-refractivity contribution in [2.24, 2.45) is 5.41 Å². The van der Waals surface area contributed by atoms with Gasteiger partial charge in [-0.1, -0.05) is 58.9 Å². The van der Waals surface area contributed by atoms with Gasteiger partial charge in [-0.25, -0.2) is 4.79 Å². The molecule has 3 heterocycles. The molecule has 3 aliphatic heterocycles. The molecular formula is C55H68N6O14. The van der Waals surface area contributed by atoms with Crippen LogP contribution in [0, 0.1) is 5.41 Å². The molecule has 0 saturated carbocycles. The second-order valence-corrected chi connectivity index (χ2v) is 19.4. The number of anilines is 1. The van der Waals surface area contributed by atoms with E-state index in [9.17, 15) is 47.9 Å². The van der Waals surface area contributed by atoms with Crippen LogP contribution in [0.1, 0.15) is 137 Å². The minimum Gasteiger partial charge on any atom is -0.493 e. The maximum absolute atomic E-state index is 14.8. The van der Waals surface area contributed by atoms with Gasteiger partial charge in [-0.15, -0.1) is 0 Å². The molecule has 2 saturated heterocycles. The van der Waals surface area contributed by atoms with Crippen LogP contribution in [0.2, 0.25) is 0 Å². The number of benzene rings is 3. The number of carbonyl (C=O) groups is 10. The van der Waals surface area contributed by atoms with Gasteiger partial charge in [0.2, 0.25) is 29.4 Å². The number of nitrogens with zero attached hydrogens (tertiary/aromatic N) is 3. The van der Waals surface area contributed by atoms with Crippen molar-refractivity contribution in [2.45, 2.75) is 129 Å². The van der Waals surface area contributed by atoms with Crippen LogP contribution in [0.25, 0.3) is 0 Å². The average molecular weight is 1040 g/mol. The van der Waals surface area contributed by atoms with E-state index < -0.39 is 83.4 Å². The van der Waals surface area contributed by atoms with E-state index >= 15 is 0 Å². The van der Waals surface area contributed by atoms with Crippen molar-refractivity contribution in [1.29, 1.82) is 0 Å². The summed E-state index contributed by atoms with van der Waals surface area (Å²) in [6.45, 7) is 8.75. The molecular weight excluding hydrogens is 969 g/mol. The van der Waals surface area contributed by atoms with Crippen molar-refractivity contribution >= 4 is 64.7 Å². The summed E-state index contributed by atoms with van der Waals surface area (Å²) in [7, 11) is 3.05. The van der Waals surface area contributed by atoms with Gasteiger partial charge in [0.1, 0.15) is 23.9 Å². The summed E-state index contributed by atoms with van der Waals surface area (Å²) in [6.07, 6.45) is 1.29. The number of ketones is 1. The lowest BCUT2D eigenvalue weighted by atomic mass is 9.83. The highest BCUT2D eigenvalue weighted by Crippen LogP contribution is 2.36. The third kappa shape index (κ3) is 13.6. The van der Waals surface area contributed by atoms with Crippen LogP contribution in [-0.4, -0.2) is 132 Å². The Labute approximate surface area is 436 Å². The van der Waals surface area contributed by atoms with E-state index in [2.05, 4.69) is 16.0 Å². The first kappa shape index (κ1) is 56.7. The molecule has 0 bridgehead atoms. The van der Waals surface area contributed by atoms with E-state index in [4.69, 9.17) is 18.9 Å². The zero-order valence-electron chi connectivity index (χ0n) is 43.7. The summed E-state index contributed by atoms with van der Waals surface area (Å²) in [5.41, 5.74) is 0.508. The zero-order valence-corrected chi connectivity index (χ0v) is 43.7. The Morgan fingerprint density at radius 3 is 2.25 bits per heavy atom. The fourth-order valence-electron chi connectivity index (χ4n) is 9.30. The lowest BCUT2D eigenvalue weighted by Gasteiger charge is -2.43. The van der Waals surface area contributed by atoms with Gasteiger partial charge >= 0.3 is 5.97 Å². The Kier molecular flexibility index (Phi) is 19.3. The smallest absolute Gasteiger partial charge is 0.329 e. The number of hydrogen-bond acceptors (Lipinski definition) is 14. The number of hydrogen-bond donors (Lipinski definition) is 3. The van der Waals surface area contributed by atoms with Crippen LogP contribution in [-0.2, 0) is 49.5 Å². The normalized spacial score (nSPS) is 17.8. The maximum Gasteiger partial charge on any atom is 0.329 e. The molecule has 3 aromatic carbocycles. The molecule has 0 aromatic heterocycles. The van der Waals surface area contributed by atoms with Crippen LogP contribution in [0.3, 0.4) is 0 Å². The lowest BCUT2D eigenvalue weighted by molar-refractivity contribution is -0.166. The highest BCUT2D eigenvalue weighted by atomic mass is 16.5. The number of amides is 8. The molecule has 0 spiro atoms. The van der Waals surface area contributed by atoms with Crippen LogP contribution in [0.4, 0.5) is 5.69 Å². The molecule has 20 heteroatoms. The molecule has 4 atom stereocenters. The molecule has 2 fully saturated rings. The highest BCUT2D eigenvalue weighted by molar-refractivity contribution is 6.38. The van der Waals surface area contributed by atoms with Crippen LogP contribution >= 0.6 is 0 Å². The van der Waals surface area contributed by atoms with Gasteiger partial charge in [-0.05, 0) is 98.9 Å². The quantitative estimate of drug-likeness (QED) is 0.0589. The lowest BCUT2D eigenvalue weighted by Crippen LogP contribution is -2.60. The van der Waals surface area contributed by atoms with E-state index in [1.165, 1.54) is 42.2 Å². The Balaban J connectivity index is 1.24. The predicted octanol–water partition coefficient (Wildman–Crippen LogP) is 5.25. The van der Waals surface area contributed by atoms with E-state index in [0.29, 0.717) is 48.6 Å². The maximum atomic E-state index is 14.8. The summed E-state index contributed by atoms with van der Waals surface area (Å²) in [5.74, 6) is -5.45. The van der Waals surface area contributed by atoms with E-state index in [0.717, 1.165) is 16.9 Å². The first-order valence-corrected chi connectivity index (χ1v) is 25.6. The number of nitrogens with one attached hydrogen (secondary N) is 3. The van der Waals surface area contributed by atoms with Crippen molar-refractivity contribution in [3.8, 4) is 17.2 Å². The van der Waals surface area contributed by atoms with Crippen molar-refractivity contribution in [2.75, 3.05) is 45.8 Å². The van der Waals surface area contributed by atoms with E-state index in [-0.39, 0.29) is 86.7 Å². The number of aryl methyl sites for hydroxylation is 1. The molecule has 8 amide bonds. The largest absolute Gasteiger partial charge is 0.493 e. The standard InChI is InChI=1S/C55H68N6O14/c1-8-27-56-44(62)25-26-45(63)57-35-14-11-13-34(30-35)40(22-17-33-18-23-41(72-6)43(29-33)73-7)75-54(71)39-20-19-36(31-60(39)53(70)49(66)55(4,5)10-3)59(28-9-2)47(65)32-74-42-16-12-15-37-48(42)52(69)61(51(37)68)38-21-24-46(64)58-50(38)67/h11-16,18,23,29-30,36,38-40H,8-10,17,19-22,24-28,31-32H2,1-7H3,(H,56,62)(H,57,63)(H,58,64,67)/t36?,38?,39-,40+/m0/s1. The molecule has 0 aliphatic carbocycles. The first-order chi connectivity index (χ1) is 35.8. The van der Waals surface area contributed by atoms with Crippen LogP contribution in [0.5, 0.6) is 17.2 Å². The average Bonchev–Trinajstić information content (AvgIpc) is 3.66. The minimum atomic E-state index is -1.24. The highest BCUT2D eigenvalue weighted by Gasteiger charge is 2.47. The molecule has 3 aromatic rings. The van der Waals surface area contributed by atoms with Crippen molar-refractivity contribution < 1.29 is 66.9 Å². The number of ether oxygens (including phenoxy) is 4. The summed E-state index contributed by atoms with van der Waals surface area (Å²) in [5, 5.41) is 7.75.